The highest BCUT2D eigenvalue weighted by Gasteiger charge is 2.21. The Morgan fingerprint density at radius 3 is 2.31 bits per heavy atom. The zero-order chi connectivity index (χ0) is 12.7. The summed E-state index contributed by atoms with van der Waals surface area (Å²) in [6.45, 7) is 3.18. The summed E-state index contributed by atoms with van der Waals surface area (Å²) in [5.74, 6) is 0.104. The molecule has 5 nitrogen and oxygen atoms in total. The van der Waals surface area contributed by atoms with E-state index in [2.05, 4.69) is 11.8 Å². The molecule has 0 bridgehead atoms. The monoisotopic (exact) mass is 231 g/mol. The molecule has 2 atom stereocenters. The maximum atomic E-state index is 11.6. The molecule has 0 fully saturated rings. The lowest BCUT2D eigenvalue weighted by Gasteiger charge is -2.32. The number of amides is 1. The van der Waals surface area contributed by atoms with Crippen LogP contribution in [-0.2, 0) is 9.53 Å². The van der Waals surface area contributed by atoms with Gasteiger partial charge in [0.25, 0.3) is 0 Å². The Hall–Kier alpha value is -0.650. The van der Waals surface area contributed by atoms with Crippen molar-refractivity contribution in [3.05, 3.63) is 0 Å². The van der Waals surface area contributed by atoms with Gasteiger partial charge in [-0.15, -0.1) is 0 Å². The van der Waals surface area contributed by atoms with Crippen LogP contribution in [-0.4, -0.2) is 69.2 Å². The minimum atomic E-state index is 0.0695. The maximum absolute atomic E-state index is 11.6. The van der Waals surface area contributed by atoms with Crippen molar-refractivity contribution in [1.82, 2.24) is 9.80 Å². The van der Waals surface area contributed by atoms with Crippen LogP contribution in [0.4, 0.5) is 0 Å². The van der Waals surface area contributed by atoms with E-state index in [-0.39, 0.29) is 18.0 Å². The Kier molecular flexibility index (Phi) is 7.29. The molecule has 16 heavy (non-hydrogen) atoms. The number of hydrogen-bond acceptors (Lipinski definition) is 4. The molecule has 2 unspecified atom stereocenters. The molecular weight excluding hydrogens is 206 g/mol. The minimum absolute atomic E-state index is 0.0695. The Labute approximate surface area is 98.5 Å². The lowest BCUT2D eigenvalue weighted by Crippen LogP contribution is -2.47. The number of carbonyl (C=O) groups excluding carboxylic acids is 1. The van der Waals surface area contributed by atoms with Crippen LogP contribution < -0.4 is 5.73 Å². The summed E-state index contributed by atoms with van der Waals surface area (Å²) in [5, 5.41) is 0. The molecule has 1 amide bonds. The van der Waals surface area contributed by atoms with E-state index in [0.717, 1.165) is 0 Å². The number of nitrogens with two attached hydrogens (primary N) is 1. The average Bonchev–Trinajstić information content (AvgIpc) is 2.24. The predicted molar refractivity (Wildman–Crippen MR) is 65.3 cm³/mol. The van der Waals surface area contributed by atoms with Gasteiger partial charge in [-0.3, -0.25) is 9.69 Å². The summed E-state index contributed by atoms with van der Waals surface area (Å²) in [6.07, 6.45) is 0.452. The number of hydrogen-bond donors (Lipinski definition) is 1. The van der Waals surface area contributed by atoms with E-state index in [1.54, 1.807) is 26.1 Å². The molecule has 0 aromatic heterocycles. The number of carbonyl (C=O) groups is 1. The molecule has 0 aromatic rings. The molecule has 0 spiro atoms. The number of nitrogens with zero attached hydrogens (tertiary/aromatic N) is 2. The Bertz CT molecular complexity index is 209. The van der Waals surface area contributed by atoms with Crippen molar-refractivity contribution in [3.63, 3.8) is 0 Å². The van der Waals surface area contributed by atoms with Gasteiger partial charge in [0.05, 0.1) is 6.61 Å². The smallest absolute Gasteiger partial charge is 0.223 e. The molecule has 96 valence electrons. The molecule has 0 rings (SSSR count). The lowest BCUT2D eigenvalue weighted by molar-refractivity contribution is -0.130. The summed E-state index contributed by atoms with van der Waals surface area (Å²) in [5.41, 5.74) is 5.70. The topological polar surface area (TPSA) is 58.8 Å². The van der Waals surface area contributed by atoms with E-state index < -0.39 is 0 Å². The summed E-state index contributed by atoms with van der Waals surface area (Å²) < 4.78 is 5.09. The number of likely N-dealkylation sites (N-methyl/N-ethyl adjacent to an activating group) is 1. The fourth-order valence-corrected chi connectivity index (χ4v) is 1.50. The van der Waals surface area contributed by atoms with Crippen LogP contribution in [0, 0.1) is 0 Å². The third kappa shape index (κ3) is 4.92. The summed E-state index contributed by atoms with van der Waals surface area (Å²) >= 11 is 0. The predicted octanol–water partition coefficient (Wildman–Crippen LogP) is -0.241. The second-order valence-electron chi connectivity index (χ2n) is 4.35. The second-order valence-corrected chi connectivity index (χ2v) is 4.35. The molecule has 0 saturated carbocycles. The summed E-state index contributed by atoms with van der Waals surface area (Å²) in [7, 11) is 7.17. The van der Waals surface area contributed by atoms with Crippen molar-refractivity contribution in [3.8, 4) is 0 Å². The molecule has 0 aromatic carbocycles. The SMILES string of the molecule is COCC(C)N(C)C(CN)CC(=O)N(C)C. The first-order valence-electron chi connectivity index (χ1n) is 5.55. The first-order chi connectivity index (χ1) is 7.43. The third-order valence-electron chi connectivity index (χ3n) is 2.86. The van der Waals surface area contributed by atoms with E-state index in [0.29, 0.717) is 19.6 Å². The van der Waals surface area contributed by atoms with Gasteiger partial charge < -0.3 is 15.4 Å². The van der Waals surface area contributed by atoms with Crippen LogP contribution >= 0.6 is 0 Å². The third-order valence-corrected chi connectivity index (χ3v) is 2.86. The van der Waals surface area contributed by atoms with Crippen LogP contribution in [0.2, 0.25) is 0 Å². The Balaban J connectivity index is 4.31. The highest BCUT2D eigenvalue weighted by Crippen LogP contribution is 2.07. The van der Waals surface area contributed by atoms with Gasteiger partial charge in [-0.2, -0.15) is 0 Å². The first kappa shape index (κ1) is 15.3. The first-order valence-corrected chi connectivity index (χ1v) is 5.55. The molecule has 2 N–H and O–H groups in total. The van der Waals surface area contributed by atoms with E-state index in [9.17, 15) is 4.79 Å². The van der Waals surface area contributed by atoms with E-state index in [1.165, 1.54) is 0 Å². The van der Waals surface area contributed by atoms with Crippen LogP contribution in [0.5, 0.6) is 0 Å². The molecule has 5 heteroatoms. The van der Waals surface area contributed by atoms with Crippen molar-refractivity contribution >= 4 is 5.91 Å². The number of rotatable bonds is 7. The highest BCUT2D eigenvalue weighted by molar-refractivity contribution is 5.76. The van der Waals surface area contributed by atoms with Crippen molar-refractivity contribution in [2.75, 3.05) is 41.4 Å². The number of ether oxygens (including phenoxy) is 1. The van der Waals surface area contributed by atoms with E-state index in [1.807, 2.05) is 7.05 Å². The number of methoxy groups -OCH3 is 1. The van der Waals surface area contributed by atoms with Gasteiger partial charge in [0.1, 0.15) is 0 Å². The van der Waals surface area contributed by atoms with Crippen LogP contribution in [0.15, 0.2) is 0 Å². The molecule has 0 radical (unpaired) electrons. The van der Waals surface area contributed by atoms with Crippen molar-refractivity contribution in [1.29, 1.82) is 0 Å². The zero-order valence-corrected chi connectivity index (χ0v) is 11.1. The van der Waals surface area contributed by atoms with Crippen molar-refractivity contribution in [2.45, 2.75) is 25.4 Å². The van der Waals surface area contributed by atoms with Crippen LogP contribution in [0.1, 0.15) is 13.3 Å². The molecule has 0 aliphatic rings. The zero-order valence-electron chi connectivity index (χ0n) is 11.1. The van der Waals surface area contributed by atoms with Crippen molar-refractivity contribution < 1.29 is 9.53 Å². The van der Waals surface area contributed by atoms with Gasteiger partial charge in [-0.25, -0.2) is 0 Å². The maximum Gasteiger partial charge on any atom is 0.223 e. The molecular formula is C11H25N3O2. The van der Waals surface area contributed by atoms with Gasteiger partial charge >= 0.3 is 0 Å². The quantitative estimate of drug-likeness (QED) is 0.657. The molecule has 0 heterocycles. The Morgan fingerprint density at radius 2 is 1.94 bits per heavy atom. The highest BCUT2D eigenvalue weighted by atomic mass is 16.5. The second kappa shape index (κ2) is 7.60. The largest absolute Gasteiger partial charge is 0.383 e. The van der Waals surface area contributed by atoms with E-state index in [4.69, 9.17) is 10.5 Å². The average molecular weight is 231 g/mol. The van der Waals surface area contributed by atoms with Crippen LogP contribution in [0.3, 0.4) is 0 Å². The van der Waals surface area contributed by atoms with Crippen molar-refractivity contribution in [2.24, 2.45) is 5.73 Å². The van der Waals surface area contributed by atoms with Gasteiger partial charge in [0.15, 0.2) is 0 Å². The van der Waals surface area contributed by atoms with Gasteiger partial charge in [-0.05, 0) is 14.0 Å². The standard InChI is InChI=1S/C11H25N3O2/c1-9(8-16-5)14(4)10(7-12)6-11(15)13(2)3/h9-10H,6-8,12H2,1-5H3. The van der Waals surface area contributed by atoms with Gasteiger partial charge in [0.2, 0.25) is 5.91 Å². The normalized spacial score (nSPS) is 14.9. The molecule has 0 aliphatic carbocycles. The fourth-order valence-electron chi connectivity index (χ4n) is 1.50. The van der Waals surface area contributed by atoms with Gasteiger partial charge in [0, 0.05) is 46.3 Å². The molecule has 0 saturated heterocycles. The minimum Gasteiger partial charge on any atom is -0.383 e. The Morgan fingerprint density at radius 1 is 1.38 bits per heavy atom. The fraction of sp³-hybridized carbons (Fsp3) is 0.909. The lowest BCUT2D eigenvalue weighted by atomic mass is 10.1. The molecule has 0 aliphatic heterocycles. The summed E-state index contributed by atoms with van der Waals surface area (Å²) in [4.78, 5) is 15.3. The summed E-state index contributed by atoms with van der Waals surface area (Å²) in [6, 6.07) is 0.327. The van der Waals surface area contributed by atoms with Crippen LogP contribution in [0.25, 0.3) is 0 Å². The van der Waals surface area contributed by atoms with E-state index >= 15 is 0 Å². The van der Waals surface area contributed by atoms with Gasteiger partial charge in [-0.1, -0.05) is 0 Å².